The Bertz CT molecular complexity index is 610. The van der Waals surface area contributed by atoms with Gasteiger partial charge in [0.05, 0.1) is 18.0 Å². The molecule has 1 aromatic heterocycles. The van der Waals surface area contributed by atoms with Crippen LogP contribution in [0.3, 0.4) is 0 Å². The minimum Gasteiger partial charge on any atom is -0.464 e. The molecule has 0 aliphatic rings. The monoisotopic (exact) mass is 278 g/mol. The van der Waals surface area contributed by atoms with Gasteiger partial charge in [0.2, 0.25) is 0 Å². The van der Waals surface area contributed by atoms with E-state index in [-0.39, 0.29) is 6.42 Å². The molecule has 0 bridgehead atoms. The third-order valence-corrected chi connectivity index (χ3v) is 2.99. The molecular formula is C11H7BrN2O2. The van der Waals surface area contributed by atoms with Gasteiger partial charge in [0, 0.05) is 16.1 Å². The molecule has 0 radical (unpaired) electrons. The largest absolute Gasteiger partial charge is 0.464 e. The van der Waals surface area contributed by atoms with Crippen LogP contribution in [0.15, 0.2) is 28.9 Å². The van der Waals surface area contributed by atoms with E-state index in [1.54, 1.807) is 12.1 Å². The summed E-state index contributed by atoms with van der Waals surface area (Å²) < 4.78 is 1.93. The number of nitriles is 1. The number of rotatable bonds is 1. The molecule has 2 aromatic rings. The predicted molar refractivity (Wildman–Crippen MR) is 62.4 cm³/mol. The number of benzene rings is 1. The lowest BCUT2D eigenvalue weighted by Crippen LogP contribution is -2.05. The van der Waals surface area contributed by atoms with Gasteiger partial charge in [0.1, 0.15) is 0 Å². The van der Waals surface area contributed by atoms with Crippen molar-refractivity contribution in [3.05, 3.63) is 34.4 Å². The van der Waals surface area contributed by atoms with Crippen LogP contribution in [0.4, 0.5) is 4.79 Å². The van der Waals surface area contributed by atoms with Gasteiger partial charge in [-0.1, -0.05) is 22.0 Å². The Morgan fingerprint density at radius 1 is 1.56 bits per heavy atom. The van der Waals surface area contributed by atoms with Gasteiger partial charge in [-0.05, 0) is 17.7 Å². The van der Waals surface area contributed by atoms with Crippen LogP contribution in [0.2, 0.25) is 0 Å². The summed E-state index contributed by atoms with van der Waals surface area (Å²) in [5, 5.41) is 18.5. The summed E-state index contributed by atoms with van der Waals surface area (Å²) in [5.74, 6) is 0. The first-order valence-corrected chi connectivity index (χ1v) is 5.33. The zero-order valence-corrected chi connectivity index (χ0v) is 9.73. The molecule has 0 amide bonds. The molecule has 80 valence electrons. The normalized spacial score (nSPS) is 10.2. The highest BCUT2D eigenvalue weighted by atomic mass is 79.9. The van der Waals surface area contributed by atoms with Gasteiger partial charge < -0.3 is 5.11 Å². The molecule has 0 atom stereocenters. The summed E-state index contributed by atoms with van der Waals surface area (Å²) >= 11 is 3.36. The van der Waals surface area contributed by atoms with Gasteiger partial charge in [0.25, 0.3) is 0 Å². The van der Waals surface area contributed by atoms with Crippen LogP contribution in [0.25, 0.3) is 10.9 Å². The second-order valence-electron chi connectivity index (χ2n) is 3.28. The number of aromatic nitrogens is 1. The molecule has 16 heavy (non-hydrogen) atoms. The molecule has 0 unspecified atom stereocenters. The summed E-state index contributed by atoms with van der Waals surface area (Å²) in [6.45, 7) is 0. The first-order chi connectivity index (χ1) is 7.65. The molecule has 4 nitrogen and oxygen atoms in total. The SMILES string of the molecule is N#CCc1cn(C(=O)O)c2cccc(Br)c12. The van der Waals surface area contributed by atoms with E-state index in [1.165, 1.54) is 6.20 Å². The second-order valence-corrected chi connectivity index (χ2v) is 4.13. The number of halogens is 1. The number of carboxylic acid groups (broad SMARTS) is 1. The van der Waals surface area contributed by atoms with Crippen molar-refractivity contribution >= 4 is 32.9 Å². The second kappa shape index (κ2) is 3.99. The van der Waals surface area contributed by atoms with Gasteiger partial charge in [-0.25, -0.2) is 4.79 Å². The molecule has 0 aliphatic heterocycles. The average molecular weight is 279 g/mol. The van der Waals surface area contributed by atoms with E-state index in [4.69, 9.17) is 10.4 Å². The number of hydrogen-bond donors (Lipinski definition) is 1. The fraction of sp³-hybridized carbons (Fsp3) is 0.0909. The zero-order chi connectivity index (χ0) is 11.7. The van der Waals surface area contributed by atoms with Crippen molar-refractivity contribution in [1.29, 1.82) is 5.26 Å². The van der Waals surface area contributed by atoms with E-state index in [0.29, 0.717) is 11.1 Å². The molecule has 0 saturated heterocycles. The van der Waals surface area contributed by atoms with Crippen molar-refractivity contribution in [3.8, 4) is 6.07 Å². The molecule has 5 heteroatoms. The lowest BCUT2D eigenvalue weighted by molar-refractivity contribution is 0.197. The molecule has 0 aliphatic carbocycles. The van der Waals surface area contributed by atoms with Crippen molar-refractivity contribution in [1.82, 2.24) is 4.57 Å². The van der Waals surface area contributed by atoms with Crippen LogP contribution >= 0.6 is 15.9 Å². The summed E-state index contributed by atoms with van der Waals surface area (Å²) in [6, 6.07) is 7.34. The molecular weight excluding hydrogens is 272 g/mol. The Morgan fingerprint density at radius 3 is 2.94 bits per heavy atom. The minimum atomic E-state index is -1.05. The third-order valence-electron chi connectivity index (χ3n) is 2.33. The lowest BCUT2D eigenvalue weighted by atomic mass is 10.1. The highest BCUT2D eigenvalue weighted by Gasteiger charge is 2.14. The Kier molecular flexibility index (Phi) is 2.67. The van der Waals surface area contributed by atoms with Gasteiger partial charge in [-0.3, -0.25) is 4.57 Å². The average Bonchev–Trinajstić information content (AvgIpc) is 2.59. The van der Waals surface area contributed by atoms with E-state index in [2.05, 4.69) is 15.9 Å². The summed E-state index contributed by atoms with van der Waals surface area (Å²) in [6.07, 6.45) is 0.632. The third kappa shape index (κ3) is 1.57. The first kappa shape index (κ1) is 10.7. The number of carbonyl (C=O) groups is 1. The Balaban J connectivity index is 2.83. The quantitative estimate of drug-likeness (QED) is 0.872. The molecule has 2 rings (SSSR count). The topological polar surface area (TPSA) is 66.0 Å². The molecule has 1 aromatic carbocycles. The number of nitrogens with zero attached hydrogens (tertiary/aromatic N) is 2. The van der Waals surface area contributed by atoms with Crippen LogP contribution in [0.1, 0.15) is 5.56 Å². The number of fused-ring (bicyclic) bond motifs is 1. The van der Waals surface area contributed by atoms with Gasteiger partial charge in [0.15, 0.2) is 0 Å². The predicted octanol–water partition coefficient (Wildman–Crippen LogP) is 3.00. The number of hydrogen-bond acceptors (Lipinski definition) is 2. The van der Waals surface area contributed by atoms with E-state index in [0.717, 1.165) is 14.4 Å². The summed E-state index contributed by atoms with van der Waals surface area (Å²) in [4.78, 5) is 11.0. The van der Waals surface area contributed by atoms with Crippen LogP contribution in [-0.2, 0) is 6.42 Å². The van der Waals surface area contributed by atoms with Gasteiger partial charge in [-0.2, -0.15) is 5.26 Å². The molecule has 0 saturated carbocycles. The summed E-state index contributed by atoms with van der Waals surface area (Å²) in [7, 11) is 0. The molecule has 0 fully saturated rings. The zero-order valence-electron chi connectivity index (χ0n) is 8.14. The Morgan fingerprint density at radius 2 is 2.31 bits per heavy atom. The van der Waals surface area contributed by atoms with Crippen LogP contribution in [-0.4, -0.2) is 15.8 Å². The van der Waals surface area contributed by atoms with Crippen LogP contribution < -0.4 is 0 Å². The highest BCUT2D eigenvalue weighted by Crippen LogP contribution is 2.29. The van der Waals surface area contributed by atoms with Gasteiger partial charge >= 0.3 is 6.09 Å². The fourth-order valence-corrected chi connectivity index (χ4v) is 2.31. The van der Waals surface area contributed by atoms with E-state index in [9.17, 15) is 4.79 Å². The Labute approximate surface area is 99.8 Å². The van der Waals surface area contributed by atoms with Crippen LogP contribution in [0, 0.1) is 11.3 Å². The van der Waals surface area contributed by atoms with Crippen LogP contribution in [0.5, 0.6) is 0 Å². The standard InChI is InChI=1S/C11H7BrN2O2/c12-8-2-1-3-9-10(8)7(4-5-13)6-14(9)11(15)16/h1-3,6H,4H2,(H,15,16). The van der Waals surface area contributed by atoms with Crippen molar-refractivity contribution in [2.75, 3.05) is 0 Å². The first-order valence-electron chi connectivity index (χ1n) is 4.54. The maximum Gasteiger partial charge on any atom is 0.416 e. The van der Waals surface area contributed by atoms with E-state index >= 15 is 0 Å². The fourth-order valence-electron chi connectivity index (χ4n) is 1.70. The van der Waals surface area contributed by atoms with Crippen molar-refractivity contribution in [3.63, 3.8) is 0 Å². The molecule has 1 heterocycles. The minimum absolute atomic E-state index is 0.194. The van der Waals surface area contributed by atoms with Crippen molar-refractivity contribution in [2.24, 2.45) is 0 Å². The summed E-state index contributed by atoms with van der Waals surface area (Å²) in [5.41, 5.74) is 1.31. The van der Waals surface area contributed by atoms with Gasteiger partial charge in [-0.15, -0.1) is 0 Å². The maximum absolute atomic E-state index is 11.0. The molecule has 1 N–H and O–H groups in total. The van der Waals surface area contributed by atoms with E-state index < -0.39 is 6.09 Å². The van der Waals surface area contributed by atoms with Crippen molar-refractivity contribution in [2.45, 2.75) is 6.42 Å². The smallest absolute Gasteiger partial charge is 0.416 e. The Hall–Kier alpha value is -1.80. The highest BCUT2D eigenvalue weighted by molar-refractivity contribution is 9.10. The lowest BCUT2D eigenvalue weighted by Gasteiger charge is -1.98. The van der Waals surface area contributed by atoms with E-state index in [1.807, 2.05) is 12.1 Å². The van der Waals surface area contributed by atoms with Crippen molar-refractivity contribution < 1.29 is 9.90 Å². The molecule has 0 spiro atoms. The maximum atomic E-state index is 11.0.